The van der Waals surface area contributed by atoms with Crippen LogP contribution < -0.4 is 0 Å². The fourth-order valence-electron chi connectivity index (χ4n) is 1.26. The molecule has 0 bridgehead atoms. The minimum absolute atomic E-state index is 0.201. The molecule has 4 heteroatoms. The van der Waals surface area contributed by atoms with Crippen molar-refractivity contribution in [2.24, 2.45) is 5.92 Å². The van der Waals surface area contributed by atoms with E-state index >= 15 is 0 Å². The van der Waals surface area contributed by atoms with Crippen LogP contribution in [-0.2, 0) is 0 Å². The van der Waals surface area contributed by atoms with Crippen LogP contribution in [0.15, 0.2) is 0 Å². The van der Waals surface area contributed by atoms with Gasteiger partial charge < -0.3 is 4.90 Å². The van der Waals surface area contributed by atoms with E-state index in [0.717, 1.165) is 0 Å². The molecule has 0 saturated carbocycles. The fourth-order valence-corrected chi connectivity index (χ4v) is 1.26. The molecule has 1 heterocycles. The van der Waals surface area contributed by atoms with Crippen molar-refractivity contribution in [3.05, 3.63) is 7.05 Å². The van der Waals surface area contributed by atoms with Crippen LogP contribution in [0.25, 0.3) is 0 Å². The Morgan fingerprint density at radius 1 is 1.18 bits per heavy atom. The number of halogens is 3. The predicted octanol–water partition coefficient (Wildman–Crippen LogP) is 2.05. The molecule has 0 spiro atoms. The molecule has 1 aliphatic heterocycles. The smallest absolute Gasteiger partial charge is 0.391 e. The standard InChI is InChI=1S/C7H11F3N/c1-11-4-2-6(3-5-11)7(8,9)10/h6H,1-5H2/q-1. The van der Waals surface area contributed by atoms with Crippen molar-refractivity contribution in [3.63, 3.8) is 0 Å². The van der Waals surface area contributed by atoms with Gasteiger partial charge in [0, 0.05) is 0 Å². The van der Waals surface area contributed by atoms with Crippen molar-refractivity contribution in [2.45, 2.75) is 19.0 Å². The Bertz CT molecular complexity index is 124. The molecule has 0 atom stereocenters. The molecule has 1 nitrogen and oxygen atoms in total. The molecular formula is C7H11F3N-. The Kier molecular flexibility index (Phi) is 2.42. The number of rotatable bonds is 0. The van der Waals surface area contributed by atoms with Gasteiger partial charge in [-0.2, -0.15) is 13.2 Å². The molecule has 0 radical (unpaired) electrons. The first-order valence-corrected chi connectivity index (χ1v) is 3.62. The van der Waals surface area contributed by atoms with Gasteiger partial charge in [-0.1, -0.05) is 0 Å². The van der Waals surface area contributed by atoms with E-state index in [4.69, 9.17) is 0 Å². The molecule has 0 aliphatic carbocycles. The van der Waals surface area contributed by atoms with Gasteiger partial charge >= 0.3 is 6.18 Å². The Morgan fingerprint density at radius 3 is 2.00 bits per heavy atom. The first-order chi connectivity index (χ1) is 5.00. The molecule has 0 aromatic heterocycles. The van der Waals surface area contributed by atoms with E-state index < -0.39 is 12.1 Å². The molecule has 1 rings (SSSR count). The number of hydrogen-bond acceptors (Lipinski definition) is 1. The Morgan fingerprint density at radius 2 is 1.64 bits per heavy atom. The van der Waals surface area contributed by atoms with Crippen molar-refractivity contribution < 1.29 is 13.2 Å². The second-order valence-electron chi connectivity index (χ2n) is 2.93. The van der Waals surface area contributed by atoms with Crippen LogP contribution in [0.4, 0.5) is 13.2 Å². The molecule has 1 aliphatic rings. The van der Waals surface area contributed by atoms with Crippen LogP contribution >= 0.6 is 0 Å². The van der Waals surface area contributed by atoms with Crippen molar-refractivity contribution in [1.29, 1.82) is 0 Å². The lowest BCUT2D eigenvalue weighted by atomic mass is 9.97. The molecule has 0 unspecified atom stereocenters. The van der Waals surface area contributed by atoms with Crippen molar-refractivity contribution in [1.82, 2.24) is 4.90 Å². The number of hydrogen-bond donors (Lipinski definition) is 0. The summed E-state index contributed by atoms with van der Waals surface area (Å²) < 4.78 is 36.1. The summed E-state index contributed by atoms with van der Waals surface area (Å²) in [5.41, 5.74) is 0. The van der Waals surface area contributed by atoms with Crippen LogP contribution in [0.2, 0.25) is 0 Å². The highest BCUT2D eigenvalue weighted by Gasteiger charge is 2.39. The highest BCUT2D eigenvalue weighted by Crippen LogP contribution is 2.33. The van der Waals surface area contributed by atoms with Gasteiger partial charge in [0.25, 0.3) is 0 Å². The highest BCUT2D eigenvalue weighted by molar-refractivity contribution is 4.76. The van der Waals surface area contributed by atoms with Crippen molar-refractivity contribution >= 4 is 0 Å². The molecule has 0 amide bonds. The largest absolute Gasteiger partial charge is 0.459 e. The zero-order valence-corrected chi connectivity index (χ0v) is 6.19. The minimum Gasteiger partial charge on any atom is -0.459 e. The molecule has 66 valence electrons. The van der Waals surface area contributed by atoms with Crippen molar-refractivity contribution in [2.75, 3.05) is 13.1 Å². The molecule has 1 saturated heterocycles. The summed E-state index contributed by atoms with van der Waals surface area (Å²) in [4.78, 5) is 1.68. The summed E-state index contributed by atoms with van der Waals surface area (Å²) in [6, 6.07) is 0. The molecule has 11 heavy (non-hydrogen) atoms. The van der Waals surface area contributed by atoms with Gasteiger partial charge in [-0.3, -0.25) is 7.05 Å². The SMILES string of the molecule is [CH2-]N1CCC(C(F)(F)F)CC1. The molecule has 0 aromatic carbocycles. The van der Waals surface area contributed by atoms with E-state index in [1.54, 1.807) is 4.90 Å². The average molecular weight is 166 g/mol. The normalized spacial score (nSPS) is 24.0. The monoisotopic (exact) mass is 166 g/mol. The summed E-state index contributed by atoms with van der Waals surface area (Å²) in [6.45, 7) is 0.925. The molecule has 1 fully saturated rings. The van der Waals surface area contributed by atoms with E-state index in [1.165, 1.54) is 0 Å². The second-order valence-corrected chi connectivity index (χ2v) is 2.93. The van der Waals surface area contributed by atoms with E-state index in [0.29, 0.717) is 13.1 Å². The van der Waals surface area contributed by atoms with Gasteiger partial charge in [-0.05, 0) is 25.9 Å². The van der Waals surface area contributed by atoms with E-state index in [1.807, 2.05) is 0 Å². The zero-order valence-electron chi connectivity index (χ0n) is 6.19. The lowest BCUT2D eigenvalue weighted by molar-refractivity contribution is -0.183. The second kappa shape index (κ2) is 3.01. The van der Waals surface area contributed by atoms with Crippen molar-refractivity contribution in [3.8, 4) is 0 Å². The molecule has 0 aromatic rings. The lowest BCUT2D eigenvalue weighted by Gasteiger charge is -2.35. The van der Waals surface area contributed by atoms with Crippen LogP contribution in [0, 0.1) is 13.0 Å². The third-order valence-electron chi connectivity index (χ3n) is 2.05. The Balaban J connectivity index is 2.39. The lowest BCUT2D eigenvalue weighted by Crippen LogP contribution is -2.35. The Labute approximate surface area is 64.2 Å². The van der Waals surface area contributed by atoms with E-state index in [2.05, 4.69) is 7.05 Å². The van der Waals surface area contributed by atoms with E-state index in [9.17, 15) is 13.2 Å². The number of nitrogens with zero attached hydrogens (tertiary/aromatic N) is 1. The number of alkyl halides is 3. The maximum atomic E-state index is 12.0. The number of piperidine rings is 1. The highest BCUT2D eigenvalue weighted by atomic mass is 19.4. The van der Waals surface area contributed by atoms with Crippen LogP contribution in [0.1, 0.15) is 12.8 Å². The third kappa shape index (κ3) is 2.36. The van der Waals surface area contributed by atoms with E-state index in [-0.39, 0.29) is 12.8 Å². The maximum absolute atomic E-state index is 12.0. The van der Waals surface area contributed by atoms with Gasteiger partial charge in [0.1, 0.15) is 0 Å². The summed E-state index contributed by atoms with van der Waals surface area (Å²) in [6.07, 6.45) is -3.60. The quantitative estimate of drug-likeness (QED) is 0.498. The summed E-state index contributed by atoms with van der Waals surface area (Å²) >= 11 is 0. The Hall–Kier alpha value is -0.250. The zero-order chi connectivity index (χ0) is 8.48. The molecule has 0 N–H and O–H groups in total. The first-order valence-electron chi connectivity index (χ1n) is 3.62. The summed E-state index contributed by atoms with van der Waals surface area (Å²) in [7, 11) is 3.58. The topological polar surface area (TPSA) is 3.24 Å². The summed E-state index contributed by atoms with van der Waals surface area (Å²) in [5.74, 6) is -1.10. The van der Waals surface area contributed by atoms with Crippen LogP contribution in [0.3, 0.4) is 0 Å². The predicted molar refractivity (Wildman–Crippen MR) is 35.7 cm³/mol. The van der Waals surface area contributed by atoms with Gasteiger partial charge in [-0.25, -0.2) is 0 Å². The fraction of sp³-hybridized carbons (Fsp3) is 0.857. The minimum atomic E-state index is -4.00. The van der Waals surface area contributed by atoms with Crippen LogP contribution in [0.5, 0.6) is 0 Å². The third-order valence-corrected chi connectivity index (χ3v) is 2.05. The van der Waals surface area contributed by atoms with Gasteiger partial charge in [0.15, 0.2) is 0 Å². The van der Waals surface area contributed by atoms with Gasteiger partial charge in [0.05, 0.1) is 5.92 Å². The van der Waals surface area contributed by atoms with Gasteiger partial charge in [0.2, 0.25) is 0 Å². The molecular weight excluding hydrogens is 155 g/mol. The maximum Gasteiger partial charge on any atom is 0.391 e. The first kappa shape index (κ1) is 8.84. The van der Waals surface area contributed by atoms with Crippen LogP contribution in [-0.4, -0.2) is 24.2 Å². The summed E-state index contributed by atoms with van der Waals surface area (Å²) in [5, 5.41) is 0. The average Bonchev–Trinajstić information content (AvgIpc) is 1.86. The number of likely N-dealkylation sites (tertiary alicyclic amines) is 1. The van der Waals surface area contributed by atoms with Gasteiger partial charge in [-0.15, -0.1) is 0 Å².